The first kappa shape index (κ1) is 23.6. The molecule has 7 heteroatoms. The van der Waals surface area contributed by atoms with Crippen LogP contribution in [0.2, 0.25) is 0 Å². The van der Waals surface area contributed by atoms with Gasteiger partial charge in [-0.3, -0.25) is 14.5 Å². The number of carboxylic acids is 1. The fourth-order valence-corrected chi connectivity index (χ4v) is 4.52. The fourth-order valence-electron chi connectivity index (χ4n) is 4.52. The van der Waals surface area contributed by atoms with E-state index >= 15 is 0 Å². The zero-order valence-electron chi connectivity index (χ0n) is 19.1. The summed E-state index contributed by atoms with van der Waals surface area (Å²) >= 11 is 0. The summed E-state index contributed by atoms with van der Waals surface area (Å²) in [6.45, 7) is 4.88. The van der Waals surface area contributed by atoms with Crippen molar-refractivity contribution >= 4 is 11.9 Å². The molecule has 0 aromatic heterocycles. The normalized spacial score (nSPS) is 21.7. The van der Waals surface area contributed by atoms with Gasteiger partial charge in [0.05, 0.1) is 26.2 Å². The number of amides is 1. The highest BCUT2D eigenvalue weighted by atomic mass is 16.5. The average molecular weight is 441 g/mol. The van der Waals surface area contributed by atoms with E-state index in [2.05, 4.69) is 5.32 Å². The van der Waals surface area contributed by atoms with Crippen molar-refractivity contribution in [2.45, 2.75) is 38.3 Å². The number of ether oxygens (including phenoxy) is 2. The second-order valence-electron chi connectivity index (χ2n) is 8.13. The smallest absolute Gasteiger partial charge is 0.309 e. The maximum absolute atomic E-state index is 12.8. The number of hydrogen-bond acceptors (Lipinski definition) is 5. The first-order valence-electron chi connectivity index (χ1n) is 10.9. The lowest BCUT2D eigenvalue weighted by molar-refractivity contribution is -0.143. The lowest BCUT2D eigenvalue weighted by atomic mass is 9.82. The molecule has 2 N–H and O–H groups in total. The third kappa shape index (κ3) is 4.88. The molecule has 1 saturated heterocycles. The highest BCUT2D eigenvalue weighted by molar-refractivity contribution is 5.82. The molecule has 0 aliphatic carbocycles. The molecular formula is C25H32N2O5. The summed E-state index contributed by atoms with van der Waals surface area (Å²) in [5.41, 5.74) is 1.73. The van der Waals surface area contributed by atoms with Crippen molar-refractivity contribution in [2.24, 2.45) is 5.92 Å². The van der Waals surface area contributed by atoms with E-state index in [1.807, 2.05) is 67.3 Å². The van der Waals surface area contributed by atoms with Crippen molar-refractivity contribution < 1.29 is 24.2 Å². The van der Waals surface area contributed by atoms with Crippen molar-refractivity contribution in [2.75, 3.05) is 27.3 Å². The molecule has 2 aromatic rings. The molecular weight excluding hydrogens is 408 g/mol. The van der Waals surface area contributed by atoms with E-state index in [1.165, 1.54) is 0 Å². The van der Waals surface area contributed by atoms with E-state index < -0.39 is 24.0 Å². The van der Waals surface area contributed by atoms with Crippen molar-refractivity contribution in [3.05, 3.63) is 59.7 Å². The van der Waals surface area contributed by atoms with Crippen LogP contribution in [-0.2, 0) is 9.59 Å². The van der Waals surface area contributed by atoms with Gasteiger partial charge in [0, 0.05) is 25.0 Å². The van der Waals surface area contributed by atoms with E-state index in [0.29, 0.717) is 24.6 Å². The van der Waals surface area contributed by atoms with Gasteiger partial charge < -0.3 is 19.9 Å². The van der Waals surface area contributed by atoms with Crippen molar-refractivity contribution in [3.8, 4) is 11.5 Å². The Morgan fingerprint density at radius 1 is 1.09 bits per heavy atom. The van der Waals surface area contributed by atoms with E-state index in [1.54, 1.807) is 14.2 Å². The Labute approximate surface area is 189 Å². The highest BCUT2D eigenvalue weighted by Gasteiger charge is 2.49. The first-order chi connectivity index (χ1) is 15.4. The molecule has 1 heterocycles. The summed E-state index contributed by atoms with van der Waals surface area (Å²) in [6.07, 6.45) is 0.838. The van der Waals surface area contributed by atoms with Crippen LogP contribution in [0.15, 0.2) is 48.5 Å². The van der Waals surface area contributed by atoms with Crippen LogP contribution in [-0.4, -0.2) is 55.2 Å². The number of rotatable bonds is 9. The standard InChI is InChI=1S/C25H32N2O5/c1-5-13-26-24(28)16(2)27-15-21(18-7-6-8-20(14-18)32-4)22(25(29)30)23(27)17-9-11-19(31-3)12-10-17/h6-12,14,16,21-23H,5,13,15H2,1-4H3,(H,26,28)(H,29,30). The molecule has 1 fully saturated rings. The summed E-state index contributed by atoms with van der Waals surface area (Å²) < 4.78 is 10.6. The maximum Gasteiger partial charge on any atom is 0.309 e. The number of likely N-dealkylation sites (tertiary alicyclic amines) is 1. The van der Waals surface area contributed by atoms with Gasteiger partial charge in [-0.05, 0) is 48.7 Å². The van der Waals surface area contributed by atoms with E-state index in [-0.39, 0.29) is 11.8 Å². The van der Waals surface area contributed by atoms with Gasteiger partial charge in [-0.15, -0.1) is 0 Å². The summed E-state index contributed by atoms with van der Waals surface area (Å²) in [6, 6.07) is 14.0. The lowest BCUT2D eigenvalue weighted by Gasteiger charge is -2.31. The molecule has 0 radical (unpaired) electrons. The van der Waals surface area contributed by atoms with Crippen LogP contribution in [0.25, 0.3) is 0 Å². The molecule has 0 spiro atoms. The Balaban J connectivity index is 2.05. The largest absolute Gasteiger partial charge is 0.497 e. The predicted molar refractivity (Wildman–Crippen MR) is 122 cm³/mol. The molecule has 1 amide bonds. The van der Waals surface area contributed by atoms with Crippen LogP contribution in [0.5, 0.6) is 11.5 Å². The van der Waals surface area contributed by atoms with Crippen LogP contribution in [0.4, 0.5) is 0 Å². The predicted octanol–water partition coefficient (Wildman–Crippen LogP) is 3.46. The number of carbonyl (C=O) groups excluding carboxylic acids is 1. The Morgan fingerprint density at radius 2 is 1.78 bits per heavy atom. The Bertz CT molecular complexity index is 930. The lowest BCUT2D eigenvalue weighted by Crippen LogP contribution is -2.45. The second-order valence-corrected chi connectivity index (χ2v) is 8.13. The molecule has 4 unspecified atom stereocenters. The zero-order chi connectivity index (χ0) is 23.3. The molecule has 7 nitrogen and oxygen atoms in total. The average Bonchev–Trinajstić information content (AvgIpc) is 3.23. The molecule has 0 bridgehead atoms. The Morgan fingerprint density at radius 3 is 2.38 bits per heavy atom. The monoisotopic (exact) mass is 440 g/mol. The minimum Gasteiger partial charge on any atom is -0.497 e. The van der Waals surface area contributed by atoms with Crippen LogP contribution >= 0.6 is 0 Å². The van der Waals surface area contributed by atoms with E-state index in [0.717, 1.165) is 17.5 Å². The SMILES string of the molecule is CCCNC(=O)C(C)N1CC(c2cccc(OC)c2)C(C(=O)O)C1c1ccc(OC)cc1. The van der Waals surface area contributed by atoms with Crippen LogP contribution in [0.1, 0.15) is 43.4 Å². The summed E-state index contributed by atoms with van der Waals surface area (Å²) in [7, 11) is 3.19. The van der Waals surface area contributed by atoms with Gasteiger partial charge in [0.15, 0.2) is 0 Å². The van der Waals surface area contributed by atoms with Gasteiger partial charge in [-0.2, -0.15) is 0 Å². The Hall–Kier alpha value is -3.06. The summed E-state index contributed by atoms with van der Waals surface area (Å²) in [5.74, 6) is -0.626. The van der Waals surface area contributed by atoms with Gasteiger partial charge in [0.2, 0.25) is 5.91 Å². The molecule has 3 rings (SSSR count). The quantitative estimate of drug-likeness (QED) is 0.621. The summed E-state index contributed by atoms with van der Waals surface area (Å²) in [5, 5.41) is 13.2. The van der Waals surface area contributed by atoms with Gasteiger partial charge in [-0.25, -0.2) is 0 Å². The third-order valence-electron chi connectivity index (χ3n) is 6.23. The molecule has 1 aliphatic heterocycles. The van der Waals surface area contributed by atoms with Gasteiger partial charge >= 0.3 is 5.97 Å². The number of carboxylic acid groups (broad SMARTS) is 1. The fraction of sp³-hybridized carbons (Fsp3) is 0.440. The summed E-state index contributed by atoms with van der Waals surface area (Å²) in [4.78, 5) is 27.4. The highest BCUT2D eigenvalue weighted by Crippen LogP contribution is 2.47. The maximum atomic E-state index is 12.8. The van der Waals surface area contributed by atoms with E-state index in [4.69, 9.17) is 9.47 Å². The molecule has 172 valence electrons. The van der Waals surface area contributed by atoms with Gasteiger partial charge in [0.1, 0.15) is 11.5 Å². The van der Waals surface area contributed by atoms with E-state index in [9.17, 15) is 14.7 Å². The number of hydrogen-bond donors (Lipinski definition) is 2. The zero-order valence-corrected chi connectivity index (χ0v) is 19.1. The number of nitrogens with one attached hydrogen (secondary N) is 1. The van der Waals surface area contributed by atoms with Crippen LogP contribution in [0.3, 0.4) is 0 Å². The number of methoxy groups -OCH3 is 2. The minimum atomic E-state index is -0.887. The molecule has 0 saturated carbocycles. The second kappa shape index (κ2) is 10.5. The molecule has 32 heavy (non-hydrogen) atoms. The van der Waals surface area contributed by atoms with Gasteiger partial charge in [-0.1, -0.05) is 31.2 Å². The first-order valence-corrected chi connectivity index (χ1v) is 10.9. The topological polar surface area (TPSA) is 88.1 Å². The van der Waals surface area contributed by atoms with Gasteiger partial charge in [0.25, 0.3) is 0 Å². The van der Waals surface area contributed by atoms with Crippen molar-refractivity contribution in [1.82, 2.24) is 10.2 Å². The number of benzene rings is 2. The molecule has 1 aliphatic rings. The van der Waals surface area contributed by atoms with Crippen molar-refractivity contribution in [1.29, 1.82) is 0 Å². The Kier molecular flexibility index (Phi) is 7.75. The van der Waals surface area contributed by atoms with Crippen LogP contribution < -0.4 is 14.8 Å². The number of carbonyl (C=O) groups is 2. The minimum absolute atomic E-state index is 0.0965. The number of nitrogens with zero attached hydrogens (tertiary/aromatic N) is 1. The molecule has 4 atom stereocenters. The number of aliphatic carboxylic acids is 1. The molecule has 2 aromatic carbocycles. The van der Waals surface area contributed by atoms with Crippen molar-refractivity contribution in [3.63, 3.8) is 0 Å². The third-order valence-corrected chi connectivity index (χ3v) is 6.23. The van der Waals surface area contributed by atoms with Crippen LogP contribution in [0, 0.1) is 5.92 Å².